The predicted molar refractivity (Wildman–Crippen MR) is 83.7 cm³/mol. The second-order valence-electron chi connectivity index (χ2n) is 5.22. The first-order chi connectivity index (χ1) is 10.9. The van der Waals surface area contributed by atoms with E-state index in [-0.39, 0.29) is 16.7 Å². The number of carbonyl (C=O) groups excluding carboxylic acids is 1. The van der Waals surface area contributed by atoms with Crippen molar-refractivity contribution in [3.63, 3.8) is 0 Å². The van der Waals surface area contributed by atoms with Crippen LogP contribution in [0.5, 0.6) is 0 Å². The maximum Gasteiger partial charge on any atom is 0.321 e. The molecule has 0 aliphatic carbocycles. The molecule has 1 aromatic heterocycles. The average Bonchev–Trinajstić information content (AvgIpc) is 2.82. The van der Waals surface area contributed by atoms with Crippen molar-refractivity contribution in [3.8, 4) is 0 Å². The lowest BCUT2D eigenvalue weighted by Gasteiger charge is -2.30. The van der Waals surface area contributed by atoms with E-state index >= 15 is 0 Å². The highest BCUT2D eigenvalue weighted by Crippen LogP contribution is 2.19. The van der Waals surface area contributed by atoms with Crippen LogP contribution in [0, 0.1) is 6.92 Å². The van der Waals surface area contributed by atoms with Crippen LogP contribution >= 0.6 is 0 Å². The third kappa shape index (κ3) is 3.45. The molecule has 2 N–H and O–H groups in total. The first-order valence-electron chi connectivity index (χ1n) is 7.06. The van der Waals surface area contributed by atoms with Gasteiger partial charge in [0.2, 0.25) is 0 Å². The van der Waals surface area contributed by atoms with Gasteiger partial charge in [0.25, 0.3) is 10.0 Å². The standard InChI is InChI=1S/C14H16N4O4S/c1-10-9-13(16-22-10)17-23(20,21)12-5-3-11(4-6-12)15-14(19)18-7-2-8-18/h3-6,9H,2,7-8H2,1H3,(H,15,19)(H,16,17). The summed E-state index contributed by atoms with van der Waals surface area (Å²) in [6, 6.07) is 7.23. The van der Waals surface area contributed by atoms with Crippen molar-refractivity contribution >= 4 is 27.6 Å². The summed E-state index contributed by atoms with van der Waals surface area (Å²) in [7, 11) is -3.75. The Labute approximate surface area is 133 Å². The lowest BCUT2D eigenvalue weighted by Crippen LogP contribution is -2.44. The fraction of sp³-hybridized carbons (Fsp3) is 0.286. The monoisotopic (exact) mass is 336 g/mol. The number of urea groups is 1. The highest BCUT2D eigenvalue weighted by atomic mass is 32.2. The van der Waals surface area contributed by atoms with Gasteiger partial charge < -0.3 is 14.7 Å². The van der Waals surface area contributed by atoms with Gasteiger partial charge in [0, 0.05) is 24.8 Å². The molecule has 0 radical (unpaired) electrons. The second-order valence-corrected chi connectivity index (χ2v) is 6.91. The number of rotatable bonds is 4. The number of benzene rings is 1. The van der Waals surface area contributed by atoms with Crippen LogP contribution in [0.2, 0.25) is 0 Å². The SMILES string of the molecule is Cc1cc(NS(=O)(=O)c2ccc(NC(=O)N3CCC3)cc2)no1. The maximum atomic E-state index is 12.2. The number of nitrogens with zero attached hydrogens (tertiary/aromatic N) is 2. The number of hydrogen-bond acceptors (Lipinski definition) is 5. The van der Waals surface area contributed by atoms with E-state index in [4.69, 9.17) is 4.52 Å². The summed E-state index contributed by atoms with van der Waals surface area (Å²) < 4.78 is 31.6. The smallest absolute Gasteiger partial charge is 0.321 e. The zero-order valence-corrected chi connectivity index (χ0v) is 13.3. The van der Waals surface area contributed by atoms with E-state index in [1.54, 1.807) is 24.0 Å². The first-order valence-corrected chi connectivity index (χ1v) is 8.54. The fourth-order valence-corrected chi connectivity index (χ4v) is 3.03. The Morgan fingerprint density at radius 1 is 1.26 bits per heavy atom. The van der Waals surface area contributed by atoms with E-state index < -0.39 is 10.0 Å². The minimum absolute atomic E-state index is 0.0695. The number of hydrogen-bond donors (Lipinski definition) is 2. The number of amides is 2. The van der Waals surface area contributed by atoms with Crippen LogP contribution in [0.4, 0.5) is 16.3 Å². The van der Waals surface area contributed by atoms with Crippen molar-refractivity contribution in [1.82, 2.24) is 10.1 Å². The number of aromatic nitrogens is 1. The molecule has 0 saturated carbocycles. The molecule has 0 bridgehead atoms. The Bertz CT molecular complexity index is 810. The molecule has 2 heterocycles. The van der Waals surface area contributed by atoms with Crippen LogP contribution in [0.25, 0.3) is 0 Å². The minimum Gasteiger partial charge on any atom is -0.360 e. The molecule has 0 unspecified atom stereocenters. The number of sulfonamides is 1. The molecule has 1 saturated heterocycles. The van der Waals surface area contributed by atoms with Gasteiger partial charge in [-0.15, -0.1) is 0 Å². The van der Waals surface area contributed by atoms with E-state index in [0.29, 0.717) is 11.4 Å². The number of aryl methyl sites for hydroxylation is 1. The Kier molecular flexibility index (Phi) is 3.95. The van der Waals surface area contributed by atoms with Gasteiger partial charge in [-0.1, -0.05) is 5.16 Å². The molecular weight excluding hydrogens is 320 g/mol. The summed E-state index contributed by atoms with van der Waals surface area (Å²) >= 11 is 0. The molecule has 2 aromatic rings. The molecule has 9 heteroatoms. The third-order valence-electron chi connectivity index (χ3n) is 3.43. The summed E-state index contributed by atoms with van der Waals surface area (Å²) in [6.45, 7) is 3.17. The molecule has 122 valence electrons. The van der Waals surface area contributed by atoms with Gasteiger partial charge in [-0.2, -0.15) is 0 Å². The van der Waals surface area contributed by atoms with Crippen molar-refractivity contribution < 1.29 is 17.7 Å². The molecule has 3 rings (SSSR count). The maximum absolute atomic E-state index is 12.2. The van der Waals surface area contributed by atoms with E-state index in [1.165, 1.54) is 18.2 Å². The number of nitrogens with one attached hydrogen (secondary N) is 2. The second kappa shape index (κ2) is 5.92. The molecule has 2 amide bonds. The summed E-state index contributed by atoms with van der Waals surface area (Å²) in [6.07, 6.45) is 1.01. The molecular formula is C14H16N4O4S. The Hall–Kier alpha value is -2.55. The van der Waals surface area contributed by atoms with Crippen molar-refractivity contribution in [2.45, 2.75) is 18.2 Å². The van der Waals surface area contributed by atoms with Crippen LogP contribution in [0.15, 0.2) is 39.8 Å². The van der Waals surface area contributed by atoms with E-state index in [2.05, 4.69) is 15.2 Å². The van der Waals surface area contributed by atoms with E-state index in [0.717, 1.165) is 19.5 Å². The van der Waals surface area contributed by atoms with Gasteiger partial charge in [0.1, 0.15) is 5.76 Å². The van der Waals surface area contributed by atoms with E-state index in [9.17, 15) is 13.2 Å². The quantitative estimate of drug-likeness (QED) is 0.889. The van der Waals surface area contributed by atoms with Crippen molar-refractivity contribution in [2.24, 2.45) is 0 Å². The molecule has 8 nitrogen and oxygen atoms in total. The van der Waals surface area contributed by atoms with Crippen LogP contribution < -0.4 is 10.0 Å². The van der Waals surface area contributed by atoms with Gasteiger partial charge in [-0.05, 0) is 37.6 Å². The molecule has 0 spiro atoms. The zero-order chi connectivity index (χ0) is 16.4. The molecule has 1 fully saturated rings. The lowest BCUT2D eigenvalue weighted by molar-refractivity contribution is 0.181. The number of carbonyl (C=O) groups is 1. The van der Waals surface area contributed by atoms with Crippen molar-refractivity contribution in [1.29, 1.82) is 0 Å². The van der Waals surface area contributed by atoms with Crippen molar-refractivity contribution in [3.05, 3.63) is 36.1 Å². The van der Waals surface area contributed by atoms with Gasteiger partial charge in [-0.3, -0.25) is 4.72 Å². The molecule has 1 aliphatic rings. The number of likely N-dealkylation sites (tertiary alicyclic amines) is 1. The number of anilines is 2. The highest BCUT2D eigenvalue weighted by Gasteiger charge is 2.20. The van der Waals surface area contributed by atoms with Crippen molar-refractivity contribution in [2.75, 3.05) is 23.1 Å². The summed E-state index contributed by atoms with van der Waals surface area (Å²) in [5, 5.41) is 6.31. The normalized spacial score (nSPS) is 14.2. The minimum atomic E-state index is -3.75. The van der Waals surface area contributed by atoms with E-state index in [1.807, 2.05) is 0 Å². The molecule has 0 atom stereocenters. The Balaban J connectivity index is 1.69. The molecule has 23 heavy (non-hydrogen) atoms. The van der Waals surface area contributed by atoms with Crippen LogP contribution in [0.3, 0.4) is 0 Å². The topological polar surface area (TPSA) is 105 Å². The van der Waals surface area contributed by atoms with Gasteiger partial charge in [0.05, 0.1) is 4.90 Å². The summed E-state index contributed by atoms with van der Waals surface area (Å²) in [5.41, 5.74) is 0.540. The largest absolute Gasteiger partial charge is 0.360 e. The molecule has 1 aliphatic heterocycles. The van der Waals surface area contributed by atoms with Gasteiger partial charge in [-0.25, -0.2) is 13.2 Å². The van der Waals surface area contributed by atoms with Crippen LogP contribution in [-0.4, -0.2) is 37.6 Å². The molecule has 1 aromatic carbocycles. The summed E-state index contributed by atoms with van der Waals surface area (Å²) in [5.74, 6) is 0.629. The average molecular weight is 336 g/mol. The van der Waals surface area contributed by atoms with Crippen LogP contribution in [0.1, 0.15) is 12.2 Å². The Morgan fingerprint density at radius 2 is 1.96 bits per heavy atom. The third-order valence-corrected chi connectivity index (χ3v) is 4.80. The fourth-order valence-electron chi connectivity index (χ4n) is 2.05. The zero-order valence-electron chi connectivity index (χ0n) is 12.4. The van der Waals surface area contributed by atoms with Gasteiger partial charge in [0.15, 0.2) is 5.82 Å². The van der Waals surface area contributed by atoms with Gasteiger partial charge >= 0.3 is 6.03 Å². The summed E-state index contributed by atoms with van der Waals surface area (Å²) in [4.78, 5) is 13.5. The predicted octanol–water partition coefficient (Wildman–Crippen LogP) is 2.02. The Morgan fingerprint density at radius 3 is 2.48 bits per heavy atom. The van der Waals surface area contributed by atoms with Crippen LogP contribution in [-0.2, 0) is 10.0 Å². The highest BCUT2D eigenvalue weighted by molar-refractivity contribution is 7.92. The lowest BCUT2D eigenvalue weighted by atomic mass is 10.2. The first kappa shape index (κ1) is 15.3.